The van der Waals surface area contributed by atoms with Gasteiger partial charge in [0.2, 0.25) is 0 Å². The summed E-state index contributed by atoms with van der Waals surface area (Å²) < 4.78 is 33.0. The molecule has 1 aliphatic heterocycles. The van der Waals surface area contributed by atoms with E-state index in [0.29, 0.717) is 42.6 Å². The van der Waals surface area contributed by atoms with Gasteiger partial charge in [0, 0.05) is 38.9 Å². The van der Waals surface area contributed by atoms with E-state index in [1.54, 1.807) is 30.2 Å². The normalized spacial score (nSPS) is 16.0. The first kappa shape index (κ1) is 19.5. The largest absolute Gasteiger partial charge is 0.380 e. The fourth-order valence-electron chi connectivity index (χ4n) is 2.84. The van der Waals surface area contributed by atoms with E-state index in [-0.39, 0.29) is 5.91 Å². The molecule has 0 atom stereocenters. The molecule has 0 spiro atoms. The number of rotatable bonds is 5. The highest BCUT2D eigenvalue weighted by Crippen LogP contribution is 2.29. The summed E-state index contributed by atoms with van der Waals surface area (Å²) in [6, 6.07) is 10.7. The molecule has 2 heterocycles. The van der Waals surface area contributed by atoms with Gasteiger partial charge in [-0.15, -0.1) is 11.3 Å². The van der Waals surface area contributed by atoms with Gasteiger partial charge in [-0.05, 0) is 45.8 Å². The Hall–Kier alpha value is -1.26. The summed E-state index contributed by atoms with van der Waals surface area (Å²) in [6.07, 6.45) is 0. The summed E-state index contributed by atoms with van der Waals surface area (Å²) >= 11 is 4.49. The maximum absolute atomic E-state index is 12.7. The molecule has 9 heteroatoms. The van der Waals surface area contributed by atoms with Crippen LogP contribution in [0.5, 0.6) is 0 Å². The molecule has 0 N–H and O–H groups in total. The number of hydrogen-bond acceptors (Lipinski definition) is 5. The van der Waals surface area contributed by atoms with Crippen molar-refractivity contribution in [2.75, 3.05) is 33.3 Å². The predicted molar refractivity (Wildman–Crippen MR) is 104 cm³/mol. The summed E-state index contributed by atoms with van der Waals surface area (Å²) in [4.78, 5) is 14.4. The highest BCUT2D eigenvalue weighted by atomic mass is 79.9. The molecular formula is C17H19BrN2O4S2. The highest BCUT2D eigenvalue weighted by Gasteiger charge is 2.31. The molecule has 1 aromatic carbocycles. The molecule has 0 bridgehead atoms. The van der Waals surface area contributed by atoms with E-state index >= 15 is 0 Å². The highest BCUT2D eigenvalue weighted by molar-refractivity contribution is 9.11. The van der Waals surface area contributed by atoms with E-state index in [2.05, 4.69) is 15.9 Å². The molecule has 3 rings (SSSR count). The number of ether oxygens (including phenoxy) is 1. The first-order chi connectivity index (χ1) is 12.4. The van der Waals surface area contributed by atoms with Crippen molar-refractivity contribution in [2.45, 2.75) is 10.8 Å². The number of benzene rings is 1. The lowest BCUT2D eigenvalue weighted by atomic mass is 10.1. The van der Waals surface area contributed by atoms with Crippen molar-refractivity contribution in [3.05, 3.63) is 51.3 Å². The Morgan fingerprint density at radius 3 is 2.54 bits per heavy atom. The van der Waals surface area contributed by atoms with Gasteiger partial charge in [0.1, 0.15) is 4.21 Å². The third-order valence-electron chi connectivity index (χ3n) is 4.15. The van der Waals surface area contributed by atoms with E-state index in [1.165, 1.54) is 15.6 Å². The molecule has 140 valence electrons. The van der Waals surface area contributed by atoms with Gasteiger partial charge in [0.05, 0.1) is 10.4 Å². The molecule has 1 aromatic heterocycles. The third kappa shape index (κ3) is 4.17. The Labute approximate surface area is 165 Å². The minimum atomic E-state index is -3.50. The Kier molecular flexibility index (Phi) is 6.13. The molecule has 1 amide bonds. The maximum Gasteiger partial charge on any atom is 0.253 e. The minimum absolute atomic E-state index is 0.0844. The van der Waals surface area contributed by atoms with Gasteiger partial charge >= 0.3 is 0 Å². The number of sulfonamides is 1. The van der Waals surface area contributed by atoms with Crippen LogP contribution in [-0.4, -0.2) is 56.8 Å². The smallest absolute Gasteiger partial charge is 0.253 e. The van der Waals surface area contributed by atoms with Crippen LogP contribution in [0.1, 0.15) is 15.9 Å². The van der Waals surface area contributed by atoms with Crippen LogP contribution < -0.4 is 0 Å². The first-order valence-electron chi connectivity index (χ1n) is 8.04. The number of hydrogen-bond donors (Lipinski definition) is 0. The molecule has 1 aliphatic rings. The zero-order valence-electron chi connectivity index (χ0n) is 14.2. The van der Waals surface area contributed by atoms with Crippen molar-refractivity contribution in [3.63, 3.8) is 0 Å². The van der Waals surface area contributed by atoms with Gasteiger partial charge in [0.15, 0.2) is 0 Å². The molecule has 0 unspecified atom stereocenters. The minimum Gasteiger partial charge on any atom is -0.380 e. The van der Waals surface area contributed by atoms with Crippen LogP contribution in [-0.2, 0) is 21.4 Å². The SMILES string of the molecule is COCc1cccc(C(=O)N2CCN(S(=O)(=O)c3ccc(Br)s3)CC2)c1. The van der Waals surface area contributed by atoms with E-state index in [9.17, 15) is 13.2 Å². The lowest BCUT2D eigenvalue weighted by Crippen LogP contribution is -2.50. The number of thiophene rings is 1. The molecule has 1 saturated heterocycles. The zero-order valence-corrected chi connectivity index (χ0v) is 17.4. The summed E-state index contributed by atoms with van der Waals surface area (Å²) in [5.74, 6) is -0.0844. The molecular weight excluding hydrogens is 440 g/mol. The van der Waals surface area contributed by atoms with Crippen LogP contribution in [0.2, 0.25) is 0 Å². The maximum atomic E-state index is 12.7. The van der Waals surface area contributed by atoms with Crippen LogP contribution in [0, 0.1) is 0 Å². The van der Waals surface area contributed by atoms with Crippen molar-refractivity contribution in [1.29, 1.82) is 0 Å². The predicted octanol–water partition coefficient (Wildman–Crippen LogP) is 2.80. The molecule has 1 fully saturated rings. The molecule has 0 radical (unpaired) electrons. The number of carbonyl (C=O) groups is 1. The van der Waals surface area contributed by atoms with Crippen LogP contribution in [0.15, 0.2) is 44.4 Å². The standard InChI is InChI=1S/C17H19BrN2O4S2/c1-24-12-13-3-2-4-14(11-13)17(21)19-7-9-20(10-8-19)26(22,23)16-6-5-15(18)25-16/h2-6,11H,7-10,12H2,1H3. The van der Waals surface area contributed by atoms with Crippen LogP contribution in [0.3, 0.4) is 0 Å². The quantitative estimate of drug-likeness (QED) is 0.690. The zero-order chi connectivity index (χ0) is 18.7. The van der Waals surface area contributed by atoms with Crippen LogP contribution >= 0.6 is 27.3 Å². The number of nitrogens with zero attached hydrogens (tertiary/aromatic N) is 2. The van der Waals surface area contributed by atoms with Crippen molar-refractivity contribution >= 4 is 43.2 Å². The molecule has 6 nitrogen and oxygen atoms in total. The van der Waals surface area contributed by atoms with Gasteiger partial charge in [-0.1, -0.05) is 12.1 Å². The average molecular weight is 459 g/mol. The second-order valence-corrected chi connectivity index (χ2v) is 10.5. The Morgan fingerprint density at radius 1 is 1.19 bits per heavy atom. The fraction of sp³-hybridized carbons (Fsp3) is 0.353. The summed E-state index contributed by atoms with van der Waals surface area (Å²) in [5.41, 5.74) is 1.53. The van der Waals surface area contributed by atoms with Gasteiger partial charge in [-0.25, -0.2) is 8.42 Å². The first-order valence-corrected chi connectivity index (χ1v) is 11.1. The third-order valence-corrected chi connectivity index (χ3v) is 8.14. The Morgan fingerprint density at radius 2 is 1.92 bits per heavy atom. The molecule has 26 heavy (non-hydrogen) atoms. The van der Waals surface area contributed by atoms with E-state index < -0.39 is 10.0 Å². The summed E-state index contributed by atoms with van der Waals surface area (Å²) in [7, 11) is -1.89. The molecule has 0 saturated carbocycles. The second-order valence-electron chi connectivity index (χ2n) is 5.89. The summed E-state index contributed by atoms with van der Waals surface area (Å²) in [5, 5.41) is 0. The second kappa shape index (κ2) is 8.18. The van der Waals surface area contributed by atoms with Crippen molar-refractivity contribution in [3.8, 4) is 0 Å². The van der Waals surface area contributed by atoms with Crippen molar-refractivity contribution in [2.24, 2.45) is 0 Å². The van der Waals surface area contributed by atoms with E-state index in [1.807, 2.05) is 18.2 Å². The number of amides is 1. The lowest BCUT2D eigenvalue weighted by molar-refractivity contribution is 0.0697. The number of methoxy groups -OCH3 is 1. The lowest BCUT2D eigenvalue weighted by Gasteiger charge is -2.33. The van der Waals surface area contributed by atoms with Gasteiger partial charge in [-0.2, -0.15) is 4.31 Å². The van der Waals surface area contributed by atoms with Crippen LogP contribution in [0.25, 0.3) is 0 Å². The van der Waals surface area contributed by atoms with E-state index in [4.69, 9.17) is 4.74 Å². The van der Waals surface area contributed by atoms with Crippen molar-refractivity contribution in [1.82, 2.24) is 9.21 Å². The van der Waals surface area contributed by atoms with Gasteiger partial charge in [0.25, 0.3) is 15.9 Å². The fourth-order valence-corrected chi connectivity index (χ4v) is 6.42. The summed E-state index contributed by atoms with van der Waals surface area (Å²) in [6.45, 7) is 1.78. The monoisotopic (exact) mass is 458 g/mol. The average Bonchev–Trinajstić information content (AvgIpc) is 3.09. The van der Waals surface area contributed by atoms with Gasteiger partial charge < -0.3 is 9.64 Å². The molecule has 0 aliphatic carbocycles. The number of carbonyl (C=O) groups excluding carboxylic acids is 1. The van der Waals surface area contributed by atoms with Gasteiger partial charge in [-0.3, -0.25) is 4.79 Å². The Bertz CT molecular complexity index is 890. The number of piperazine rings is 1. The molecule has 2 aromatic rings. The van der Waals surface area contributed by atoms with E-state index in [0.717, 1.165) is 9.35 Å². The Balaban J connectivity index is 1.66. The number of halogens is 1. The van der Waals surface area contributed by atoms with Crippen LogP contribution in [0.4, 0.5) is 0 Å². The topological polar surface area (TPSA) is 66.9 Å². The van der Waals surface area contributed by atoms with Crippen molar-refractivity contribution < 1.29 is 17.9 Å².